The van der Waals surface area contributed by atoms with Crippen LogP contribution in [0.25, 0.3) is 0 Å². The second-order valence-corrected chi connectivity index (χ2v) is 1.17. The lowest BCUT2D eigenvalue weighted by molar-refractivity contribution is 0.0403. The summed E-state index contributed by atoms with van der Waals surface area (Å²) in [4.78, 5) is 0. The summed E-state index contributed by atoms with van der Waals surface area (Å²) in [6, 6.07) is 0. The first-order valence-corrected chi connectivity index (χ1v) is 2.33. The predicted octanol–water partition coefficient (Wildman–Crippen LogP) is -0.632. The smallest absolute Gasteiger partial charge is 0.189 e. The van der Waals surface area contributed by atoms with Crippen molar-refractivity contribution in [1.82, 2.24) is 0 Å². The van der Waals surface area contributed by atoms with Crippen LogP contribution in [0.1, 0.15) is 0 Å². The zero-order valence-electron chi connectivity index (χ0n) is 3.57. The third-order valence-electron chi connectivity index (χ3n) is 0.353. The van der Waals surface area contributed by atoms with Gasteiger partial charge in [0.1, 0.15) is 11.9 Å². The van der Waals surface area contributed by atoms with E-state index in [0.29, 0.717) is 0 Å². The lowest BCUT2D eigenvalue weighted by Gasteiger charge is -1.94. The van der Waals surface area contributed by atoms with E-state index in [4.69, 9.17) is 5.11 Å². The van der Waals surface area contributed by atoms with Crippen molar-refractivity contribution in [2.75, 3.05) is 0 Å². The third-order valence-corrected chi connectivity index (χ3v) is 0.655. The van der Waals surface area contributed by atoms with E-state index in [9.17, 15) is 4.21 Å². The fourth-order valence-electron chi connectivity index (χ4n) is 0.0871. The van der Waals surface area contributed by atoms with Gasteiger partial charge in [-0.3, -0.25) is 4.18 Å². The van der Waals surface area contributed by atoms with E-state index in [1.807, 2.05) is 0 Å². The quantitative estimate of drug-likeness (QED) is 0.297. The molecular formula is C3H6O3S. The molecule has 1 N–H and O–H groups in total. The Morgan fingerprint density at radius 1 is 2.00 bits per heavy atom. The Labute approximate surface area is 45.3 Å². The van der Waals surface area contributed by atoms with Crippen molar-refractivity contribution in [1.29, 1.82) is 0 Å². The summed E-state index contributed by atoms with van der Waals surface area (Å²) in [6.45, 7) is 3.16. The van der Waals surface area contributed by atoms with Gasteiger partial charge in [-0.05, 0) is 6.08 Å². The third kappa shape index (κ3) is 3.65. The SMILES string of the molecule is C=CC(O)O[SH]=O. The maximum absolute atomic E-state index is 9.44. The van der Waals surface area contributed by atoms with E-state index in [1.165, 1.54) is 0 Å². The number of hydrogen-bond donors (Lipinski definition) is 2. The molecule has 7 heavy (non-hydrogen) atoms. The lowest BCUT2D eigenvalue weighted by Crippen LogP contribution is -2.02. The molecule has 0 radical (unpaired) electrons. The molecule has 4 heteroatoms. The molecular weight excluding hydrogens is 116 g/mol. The Bertz CT molecular complexity index is 72.6. The molecule has 0 aliphatic carbocycles. The van der Waals surface area contributed by atoms with E-state index in [0.717, 1.165) is 6.08 Å². The van der Waals surface area contributed by atoms with Crippen molar-refractivity contribution >= 4 is 11.9 Å². The number of hydrogen-bond acceptors (Lipinski definition) is 3. The predicted molar refractivity (Wildman–Crippen MR) is 26.8 cm³/mol. The van der Waals surface area contributed by atoms with E-state index >= 15 is 0 Å². The van der Waals surface area contributed by atoms with Gasteiger partial charge in [0.15, 0.2) is 6.29 Å². The van der Waals surface area contributed by atoms with Crippen molar-refractivity contribution in [3.05, 3.63) is 12.7 Å². The topological polar surface area (TPSA) is 46.5 Å². The molecule has 0 saturated heterocycles. The Morgan fingerprint density at radius 2 is 2.57 bits per heavy atom. The van der Waals surface area contributed by atoms with E-state index in [1.54, 1.807) is 0 Å². The molecule has 0 aliphatic rings. The van der Waals surface area contributed by atoms with Crippen LogP contribution >= 0.6 is 0 Å². The average Bonchev–Trinajstić information content (AvgIpc) is 1.68. The highest BCUT2D eigenvalue weighted by atomic mass is 32.2. The fourth-order valence-corrected chi connectivity index (χ4v) is 0.261. The minimum absolute atomic E-state index is 0.532. The molecule has 0 aliphatic heterocycles. The Balaban J connectivity index is 3.15. The van der Waals surface area contributed by atoms with Crippen molar-refractivity contribution in [2.24, 2.45) is 0 Å². The number of thiol groups is 1. The van der Waals surface area contributed by atoms with E-state index in [-0.39, 0.29) is 0 Å². The zero-order valence-corrected chi connectivity index (χ0v) is 4.47. The van der Waals surface area contributed by atoms with Crippen LogP contribution in [0.2, 0.25) is 0 Å². The van der Waals surface area contributed by atoms with Gasteiger partial charge in [0, 0.05) is 0 Å². The zero-order chi connectivity index (χ0) is 5.70. The Morgan fingerprint density at radius 3 is 2.71 bits per heavy atom. The summed E-state index contributed by atoms with van der Waals surface area (Å²) >= 11 is -0.532. The molecule has 0 aromatic heterocycles. The van der Waals surface area contributed by atoms with Crippen molar-refractivity contribution in [3.63, 3.8) is 0 Å². The standard InChI is InChI=1S/C3H6O3S/c1-2-3(4)6-7-5/h2-4,7H,1H2. The van der Waals surface area contributed by atoms with Crippen molar-refractivity contribution in [2.45, 2.75) is 6.29 Å². The van der Waals surface area contributed by atoms with Crippen LogP contribution < -0.4 is 0 Å². The summed E-state index contributed by atoms with van der Waals surface area (Å²) in [5.74, 6) is 0. The van der Waals surface area contributed by atoms with Gasteiger partial charge in [0.25, 0.3) is 0 Å². The normalized spacial score (nSPS) is 13.3. The highest BCUT2D eigenvalue weighted by Gasteiger charge is 1.90. The second-order valence-electron chi connectivity index (χ2n) is 0.806. The van der Waals surface area contributed by atoms with Crippen LogP contribution in [0.15, 0.2) is 12.7 Å². The molecule has 1 unspecified atom stereocenters. The van der Waals surface area contributed by atoms with Gasteiger partial charge in [-0.25, -0.2) is 4.21 Å². The maximum atomic E-state index is 9.44. The van der Waals surface area contributed by atoms with Gasteiger partial charge in [-0.1, -0.05) is 6.58 Å². The van der Waals surface area contributed by atoms with E-state index in [2.05, 4.69) is 10.8 Å². The number of rotatable bonds is 3. The van der Waals surface area contributed by atoms with Gasteiger partial charge in [-0.15, -0.1) is 0 Å². The largest absolute Gasteiger partial charge is 0.364 e. The summed E-state index contributed by atoms with van der Waals surface area (Å²) < 4.78 is 13.5. The fraction of sp³-hybridized carbons (Fsp3) is 0.333. The number of aliphatic hydroxyl groups excluding tert-OH is 1. The van der Waals surface area contributed by atoms with Crippen LogP contribution in [0.3, 0.4) is 0 Å². The van der Waals surface area contributed by atoms with Crippen LogP contribution in [0.4, 0.5) is 0 Å². The minimum atomic E-state index is -1.11. The first kappa shape index (κ1) is 6.81. The maximum Gasteiger partial charge on any atom is 0.189 e. The Hall–Kier alpha value is -0.190. The summed E-state index contributed by atoms with van der Waals surface area (Å²) in [6.07, 6.45) is 0.0180. The molecule has 1 atom stereocenters. The highest BCUT2D eigenvalue weighted by molar-refractivity contribution is 7.60. The molecule has 3 nitrogen and oxygen atoms in total. The molecule has 0 amide bonds. The summed E-state index contributed by atoms with van der Waals surface area (Å²) in [5, 5.41) is 8.31. The summed E-state index contributed by atoms with van der Waals surface area (Å²) in [5.41, 5.74) is 0. The lowest BCUT2D eigenvalue weighted by atomic mass is 10.6. The minimum Gasteiger partial charge on any atom is -0.364 e. The Kier molecular flexibility index (Phi) is 3.87. The molecule has 0 heterocycles. The van der Waals surface area contributed by atoms with E-state index < -0.39 is 18.2 Å². The van der Waals surface area contributed by atoms with Gasteiger partial charge in [0.05, 0.1) is 0 Å². The van der Waals surface area contributed by atoms with Crippen molar-refractivity contribution < 1.29 is 13.5 Å². The van der Waals surface area contributed by atoms with Gasteiger partial charge in [-0.2, -0.15) is 0 Å². The van der Waals surface area contributed by atoms with Gasteiger partial charge >= 0.3 is 0 Å². The molecule has 0 aromatic carbocycles. The molecule has 0 bridgehead atoms. The first-order valence-electron chi connectivity index (χ1n) is 1.60. The van der Waals surface area contributed by atoms with Crippen molar-refractivity contribution in [3.8, 4) is 0 Å². The average molecular weight is 122 g/mol. The highest BCUT2D eigenvalue weighted by Crippen LogP contribution is 1.81. The molecule has 42 valence electrons. The van der Waals surface area contributed by atoms with Crippen LogP contribution in [0.5, 0.6) is 0 Å². The molecule has 0 aromatic rings. The molecule has 0 spiro atoms. The summed E-state index contributed by atoms with van der Waals surface area (Å²) in [7, 11) is 0. The molecule has 0 saturated carbocycles. The molecule has 0 fully saturated rings. The van der Waals surface area contributed by atoms with Crippen LogP contribution in [-0.2, 0) is 16.1 Å². The second kappa shape index (κ2) is 3.98. The number of aliphatic hydroxyl groups is 1. The first-order chi connectivity index (χ1) is 3.31. The monoisotopic (exact) mass is 122 g/mol. The van der Waals surface area contributed by atoms with Gasteiger partial charge in [0.2, 0.25) is 0 Å². The van der Waals surface area contributed by atoms with Gasteiger partial charge < -0.3 is 5.11 Å². The van der Waals surface area contributed by atoms with Crippen LogP contribution in [-0.4, -0.2) is 15.6 Å². The molecule has 0 rings (SSSR count). The van der Waals surface area contributed by atoms with Crippen LogP contribution in [0, 0.1) is 0 Å².